The van der Waals surface area contributed by atoms with Gasteiger partial charge >= 0.3 is 5.97 Å². The van der Waals surface area contributed by atoms with Crippen molar-refractivity contribution in [3.63, 3.8) is 0 Å². The average Bonchev–Trinajstić information content (AvgIpc) is 2.12. The Morgan fingerprint density at radius 2 is 2.31 bits per heavy atom. The van der Waals surface area contributed by atoms with E-state index in [1.807, 2.05) is 0 Å². The SMILES string of the molecule is COC(=O)c1cc(Br)c(O)c(C)n1. The predicted molar refractivity (Wildman–Crippen MR) is 49.7 cm³/mol. The van der Waals surface area contributed by atoms with Crippen LogP contribution in [0, 0.1) is 6.92 Å². The maximum Gasteiger partial charge on any atom is 0.356 e. The molecule has 1 aromatic rings. The molecule has 0 atom stereocenters. The molecule has 1 N–H and O–H groups in total. The van der Waals surface area contributed by atoms with E-state index in [1.165, 1.54) is 13.2 Å². The molecule has 0 bridgehead atoms. The lowest BCUT2D eigenvalue weighted by Gasteiger charge is -2.03. The molecule has 70 valence electrons. The Labute approximate surface area is 83.7 Å². The smallest absolute Gasteiger partial charge is 0.356 e. The normalized spacial score (nSPS) is 9.77. The molecular weight excluding hydrogens is 238 g/mol. The van der Waals surface area contributed by atoms with Crippen molar-refractivity contribution < 1.29 is 14.6 Å². The molecule has 4 nitrogen and oxygen atoms in total. The summed E-state index contributed by atoms with van der Waals surface area (Å²) in [5.41, 5.74) is 0.555. The van der Waals surface area contributed by atoms with Gasteiger partial charge in [-0.1, -0.05) is 0 Å². The van der Waals surface area contributed by atoms with Crippen LogP contribution in [-0.4, -0.2) is 23.2 Å². The fourth-order valence-corrected chi connectivity index (χ4v) is 1.34. The van der Waals surface area contributed by atoms with E-state index in [0.717, 1.165) is 0 Å². The van der Waals surface area contributed by atoms with Crippen LogP contribution < -0.4 is 0 Å². The summed E-state index contributed by atoms with van der Waals surface area (Å²) in [7, 11) is 1.28. The summed E-state index contributed by atoms with van der Waals surface area (Å²) < 4.78 is 4.91. The Hall–Kier alpha value is -1.10. The largest absolute Gasteiger partial charge is 0.505 e. The van der Waals surface area contributed by atoms with Gasteiger partial charge in [0.1, 0.15) is 5.69 Å². The Kier molecular flexibility index (Phi) is 2.87. The Morgan fingerprint density at radius 1 is 1.69 bits per heavy atom. The molecule has 0 saturated heterocycles. The van der Waals surface area contributed by atoms with Gasteiger partial charge in [-0.05, 0) is 28.9 Å². The van der Waals surface area contributed by atoms with Crippen LogP contribution in [0.5, 0.6) is 5.75 Å². The number of carbonyl (C=O) groups is 1. The maximum atomic E-state index is 11.0. The van der Waals surface area contributed by atoms with E-state index in [-0.39, 0.29) is 11.4 Å². The number of hydrogen-bond donors (Lipinski definition) is 1. The van der Waals surface area contributed by atoms with Gasteiger partial charge in [0.05, 0.1) is 17.3 Å². The fourth-order valence-electron chi connectivity index (χ4n) is 0.836. The van der Waals surface area contributed by atoms with Crippen molar-refractivity contribution in [2.75, 3.05) is 7.11 Å². The standard InChI is InChI=1S/C8H8BrNO3/c1-4-7(11)5(9)3-6(10-4)8(12)13-2/h3,11H,1-2H3. The summed E-state index contributed by atoms with van der Waals surface area (Å²) in [6.07, 6.45) is 0. The van der Waals surface area contributed by atoms with E-state index in [9.17, 15) is 9.90 Å². The Balaban J connectivity index is 3.20. The maximum absolute atomic E-state index is 11.0. The van der Waals surface area contributed by atoms with E-state index < -0.39 is 5.97 Å². The van der Waals surface area contributed by atoms with Crippen LogP contribution in [0.15, 0.2) is 10.5 Å². The molecule has 0 aromatic carbocycles. The van der Waals surface area contributed by atoms with Crippen LogP contribution in [0.3, 0.4) is 0 Å². The van der Waals surface area contributed by atoms with Crippen molar-refractivity contribution >= 4 is 21.9 Å². The van der Waals surface area contributed by atoms with Crippen LogP contribution in [0.4, 0.5) is 0 Å². The fraction of sp³-hybridized carbons (Fsp3) is 0.250. The molecule has 5 heteroatoms. The highest BCUT2D eigenvalue weighted by molar-refractivity contribution is 9.10. The second kappa shape index (κ2) is 3.74. The number of esters is 1. The van der Waals surface area contributed by atoms with Crippen molar-refractivity contribution in [2.24, 2.45) is 0 Å². The quantitative estimate of drug-likeness (QED) is 0.765. The van der Waals surface area contributed by atoms with E-state index >= 15 is 0 Å². The molecule has 0 aliphatic carbocycles. The number of halogens is 1. The summed E-state index contributed by atoms with van der Waals surface area (Å²) in [5, 5.41) is 9.32. The monoisotopic (exact) mass is 245 g/mol. The Bertz CT molecular complexity index is 328. The lowest BCUT2D eigenvalue weighted by Crippen LogP contribution is -2.05. The molecule has 0 fully saturated rings. The number of carbonyl (C=O) groups excluding carboxylic acids is 1. The van der Waals surface area contributed by atoms with Gasteiger partial charge in [0.15, 0.2) is 5.75 Å². The van der Waals surface area contributed by atoms with Gasteiger partial charge in [0.25, 0.3) is 0 Å². The second-order valence-corrected chi connectivity index (χ2v) is 3.27. The Morgan fingerprint density at radius 3 is 2.77 bits per heavy atom. The van der Waals surface area contributed by atoms with Crippen LogP contribution in [0.1, 0.15) is 16.2 Å². The molecule has 1 aromatic heterocycles. The second-order valence-electron chi connectivity index (χ2n) is 2.41. The summed E-state index contributed by atoms with van der Waals surface area (Å²) in [4.78, 5) is 14.9. The molecule has 0 unspecified atom stereocenters. The topological polar surface area (TPSA) is 59.4 Å². The van der Waals surface area contributed by atoms with Crippen molar-refractivity contribution in [1.29, 1.82) is 0 Å². The number of nitrogens with zero attached hydrogens (tertiary/aromatic N) is 1. The molecule has 0 amide bonds. The molecule has 0 spiro atoms. The summed E-state index contributed by atoms with van der Waals surface area (Å²) in [6.45, 7) is 1.60. The molecule has 0 saturated carbocycles. The van der Waals surface area contributed by atoms with Crippen LogP contribution in [0.25, 0.3) is 0 Å². The molecule has 1 rings (SSSR count). The zero-order chi connectivity index (χ0) is 10.0. The third-order valence-electron chi connectivity index (χ3n) is 1.52. The van der Waals surface area contributed by atoms with Gasteiger partial charge in [-0.3, -0.25) is 0 Å². The molecular formula is C8H8BrNO3. The number of aromatic hydroxyl groups is 1. The number of rotatable bonds is 1. The van der Waals surface area contributed by atoms with Gasteiger partial charge in [0.2, 0.25) is 0 Å². The minimum absolute atomic E-state index is 0.0349. The highest BCUT2D eigenvalue weighted by atomic mass is 79.9. The van der Waals surface area contributed by atoms with Gasteiger partial charge in [-0.2, -0.15) is 0 Å². The summed E-state index contributed by atoms with van der Waals surface area (Å²) in [6, 6.07) is 1.41. The third-order valence-corrected chi connectivity index (χ3v) is 2.12. The molecule has 13 heavy (non-hydrogen) atoms. The lowest BCUT2D eigenvalue weighted by molar-refractivity contribution is 0.0593. The first-order valence-corrected chi connectivity index (χ1v) is 4.30. The van der Waals surface area contributed by atoms with E-state index in [2.05, 4.69) is 25.7 Å². The molecule has 0 aliphatic rings. The van der Waals surface area contributed by atoms with Gasteiger partial charge in [-0.15, -0.1) is 0 Å². The minimum Gasteiger partial charge on any atom is -0.505 e. The van der Waals surface area contributed by atoms with Crippen molar-refractivity contribution in [3.05, 3.63) is 21.9 Å². The lowest BCUT2D eigenvalue weighted by atomic mass is 10.3. The zero-order valence-corrected chi connectivity index (χ0v) is 8.75. The minimum atomic E-state index is -0.524. The summed E-state index contributed by atoms with van der Waals surface area (Å²) >= 11 is 3.10. The number of aromatic nitrogens is 1. The zero-order valence-electron chi connectivity index (χ0n) is 7.17. The number of methoxy groups -OCH3 is 1. The first-order valence-electron chi connectivity index (χ1n) is 3.50. The molecule has 0 radical (unpaired) electrons. The van der Waals surface area contributed by atoms with Crippen molar-refractivity contribution in [3.8, 4) is 5.75 Å². The first kappa shape index (κ1) is 9.98. The van der Waals surface area contributed by atoms with E-state index in [1.54, 1.807) is 6.92 Å². The van der Waals surface area contributed by atoms with Crippen molar-refractivity contribution in [2.45, 2.75) is 6.92 Å². The van der Waals surface area contributed by atoms with Gasteiger partial charge < -0.3 is 9.84 Å². The van der Waals surface area contributed by atoms with E-state index in [4.69, 9.17) is 0 Å². The molecule has 1 heterocycles. The highest BCUT2D eigenvalue weighted by Crippen LogP contribution is 2.26. The predicted octanol–water partition coefficient (Wildman–Crippen LogP) is 1.64. The van der Waals surface area contributed by atoms with Crippen LogP contribution in [-0.2, 0) is 4.74 Å². The number of ether oxygens (including phenoxy) is 1. The van der Waals surface area contributed by atoms with Gasteiger partial charge in [-0.25, -0.2) is 9.78 Å². The number of pyridine rings is 1. The highest BCUT2D eigenvalue weighted by Gasteiger charge is 2.12. The molecule has 0 aliphatic heterocycles. The number of aryl methyl sites for hydroxylation is 1. The van der Waals surface area contributed by atoms with Crippen LogP contribution in [0.2, 0.25) is 0 Å². The first-order chi connectivity index (χ1) is 6.06. The average molecular weight is 246 g/mol. The third kappa shape index (κ3) is 1.98. The van der Waals surface area contributed by atoms with E-state index in [0.29, 0.717) is 10.2 Å². The van der Waals surface area contributed by atoms with Crippen LogP contribution >= 0.6 is 15.9 Å². The van der Waals surface area contributed by atoms with Crippen molar-refractivity contribution in [1.82, 2.24) is 4.98 Å². The summed E-state index contributed by atoms with van der Waals surface area (Å²) in [5.74, 6) is -0.489. The number of hydrogen-bond acceptors (Lipinski definition) is 4. The van der Waals surface area contributed by atoms with Gasteiger partial charge in [0, 0.05) is 0 Å².